The Morgan fingerprint density at radius 2 is 1.93 bits per heavy atom. The number of benzene rings is 2. The summed E-state index contributed by atoms with van der Waals surface area (Å²) in [5.41, 5.74) is 3.91. The Bertz CT molecular complexity index is 1450. The van der Waals surface area contributed by atoms with E-state index in [2.05, 4.69) is 64.2 Å². The lowest BCUT2D eigenvalue weighted by Gasteiger charge is -2.39. The number of likely N-dealkylation sites (tertiary alicyclic amines) is 1. The summed E-state index contributed by atoms with van der Waals surface area (Å²) in [6, 6.07) is 12.6. The molecule has 7 rings (SSSR count). The van der Waals surface area contributed by atoms with E-state index < -0.39 is 6.17 Å². The van der Waals surface area contributed by atoms with Crippen LogP contribution in [0.5, 0.6) is 0 Å². The van der Waals surface area contributed by atoms with E-state index in [4.69, 9.17) is 21.3 Å². The van der Waals surface area contributed by atoms with E-state index >= 15 is 0 Å². The van der Waals surface area contributed by atoms with Crippen LogP contribution in [0.15, 0.2) is 64.5 Å². The first-order valence-electron chi connectivity index (χ1n) is 16.9. The van der Waals surface area contributed by atoms with Gasteiger partial charge in [-0.15, -0.1) is 0 Å². The average Bonchev–Trinajstić information content (AvgIpc) is 3.68. The zero-order chi connectivity index (χ0) is 30.3. The first-order chi connectivity index (χ1) is 21.4. The highest BCUT2D eigenvalue weighted by molar-refractivity contribution is 6.36. The Balaban J connectivity index is 1.21. The number of fused-ring (bicyclic) bond motifs is 4. The number of piperazine rings is 1. The van der Waals surface area contributed by atoms with Gasteiger partial charge in [-0.1, -0.05) is 49.2 Å². The predicted octanol–water partition coefficient (Wildman–Crippen LogP) is 7.09. The molecule has 0 spiro atoms. The average molecular weight is 620 g/mol. The third-order valence-corrected chi connectivity index (χ3v) is 11.0. The molecular formula is C36H47ClFN5O. The maximum Gasteiger partial charge on any atom is 0.211 e. The number of hydrogen-bond donors (Lipinski definition) is 1. The van der Waals surface area contributed by atoms with Crippen LogP contribution < -0.4 is 10.2 Å². The van der Waals surface area contributed by atoms with Crippen molar-refractivity contribution in [2.24, 2.45) is 4.99 Å². The Kier molecular flexibility index (Phi) is 8.64. The van der Waals surface area contributed by atoms with Gasteiger partial charge < -0.3 is 19.9 Å². The minimum atomic E-state index is -0.805. The van der Waals surface area contributed by atoms with Crippen molar-refractivity contribution >= 4 is 33.9 Å². The zero-order valence-corrected chi connectivity index (χ0v) is 27.1. The summed E-state index contributed by atoms with van der Waals surface area (Å²) in [6.45, 7) is 10.6. The molecule has 0 aliphatic carbocycles. The molecule has 2 bridgehead atoms. The number of halogens is 2. The van der Waals surface area contributed by atoms with Gasteiger partial charge in [-0.25, -0.2) is 4.39 Å². The van der Waals surface area contributed by atoms with Gasteiger partial charge in [0.05, 0.1) is 16.6 Å². The van der Waals surface area contributed by atoms with Crippen LogP contribution in [0.3, 0.4) is 0 Å². The molecule has 0 aromatic heterocycles. The van der Waals surface area contributed by atoms with Crippen molar-refractivity contribution in [3.8, 4) is 0 Å². The van der Waals surface area contributed by atoms with Crippen molar-refractivity contribution in [3.05, 3.63) is 64.5 Å². The highest BCUT2D eigenvalue weighted by Gasteiger charge is 2.45. The van der Waals surface area contributed by atoms with Crippen LogP contribution in [0.4, 0.5) is 10.1 Å². The van der Waals surface area contributed by atoms with Gasteiger partial charge in [0.1, 0.15) is 18.6 Å². The summed E-state index contributed by atoms with van der Waals surface area (Å²) in [5.74, 6) is 1.72. The predicted molar refractivity (Wildman–Crippen MR) is 179 cm³/mol. The van der Waals surface area contributed by atoms with Crippen LogP contribution in [0.25, 0.3) is 10.8 Å². The van der Waals surface area contributed by atoms with Crippen molar-refractivity contribution in [1.82, 2.24) is 15.1 Å². The fraction of sp³-hybridized carbons (Fsp3) is 0.583. The van der Waals surface area contributed by atoms with Gasteiger partial charge in [0.15, 0.2) is 0 Å². The molecule has 3 atom stereocenters. The van der Waals surface area contributed by atoms with Gasteiger partial charge in [0, 0.05) is 43.3 Å². The summed E-state index contributed by atoms with van der Waals surface area (Å²) < 4.78 is 21.6. The molecule has 3 unspecified atom stereocenters. The molecule has 236 valence electrons. The van der Waals surface area contributed by atoms with E-state index in [1.807, 2.05) is 12.1 Å². The molecule has 4 saturated heterocycles. The number of nitrogens with zero attached hydrogens (tertiary/aromatic N) is 4. The van der Waals surface area contributed by atoms with E-state index in [1.54, 1.807) is 0 Å². The maximum atomic E-state index is 14.9. The number of anilines is 1. The monoisotopic (exact) mass is 619 g/mol. The number of unbranched alkanes of at least 4 members (excludes halogenated alkanes) is 1. The molecule has 2 aromatic carbocycles. The van der Waals surface area contributed by atoms with Crippen molar-refractivity contribution in [2.45, 2.75) is 89.0 Å². The minimum absolute atomic E-state index is 0.147. The van der Waals surface area contributed by atoms with Crippen LogP contribution in [-0.2, 0) is 4.74 Å². The Hall–Kier alpha value is -2.61. The topological polar surface area (TPSA) is 43.3 Å². The van der Waals surface area contributed by atoms with E-state index in [-0.39, 0.29) is 17.6 Å². The van der Waals surface area contributed by atoms with Crippen LogP contribution >= 0.6 is 11.6 Å². The molecular weight excluding hydrogens is 573 g/mol. The van der Waals surface area contributed by atoms with Crippen LogP contribution in [0, 0.1) is 0 Å². The molecule has 4 fully saturated rings. The summed E-state index contributed by atoms with van der Waals surface area (Å²) in [5, 5.41) is 6.56. The van der Waals surface area contributed by atoms with Gasteiger partial charge in [0.2, 0.25) is 5.88 Å². The third kappa shape index (κ3) is 5.76. The number of allylic oxidation sites excluding steroid dienone is 1. The summed E-state index contributed by atoms with van der Waals surface area (Å²) in [7, 11) is 0. The SMILES string of the molecule is CCC/C=C(/N=C(\C1=C(C)CN(c2cccc3cccc(Cl)c23)CC1)N1CC2CC(F)C(C1)N2)OCC12CCCN1CCC2. The number of hydrogen-bond acceptors (Lipinski definition) is 5. The lowest BCUT2D eigenvalue weighted by atomic mass is 9.95. The molecule has 6 nitrogen and oxygen atoms in total. The molecule has 5 aliphatic heterocycles. The van der Waals surface area contributed by atoms with Crippen LogP contribution in [-0.4, -0.2) is 85.3 Å². The van der Waals surface area contributed by atoms with Crippen molar-refractivity contribution in [2.75, 3.05) is 50.8 Å². The van der Waals surface area contributed by atoms with Crippen molar-refractivity contribution < 1.29 is 9.13 Å². The molecule has 0 amide bonds. The second-order valence-corrected chi connectivity index (χ2v) is 14.1. The van der Waals surface area contributed by atoms with Crippen molar-refractivity contribution in [3.63, 3.8) is 0 Å². The standard InChI is InChI=1S/C36H47ClFN5O/c1-3-4-13-33(44-24-36-15-7-17-43(36)18-8-16-36)40-35(42-22-27-20-30(38)31(23-42)39-27)28-14-19-41(21-25(28)2)32-12-6-10-26-9-5-11-29(37)34(26)32/h5-6,9-13,27,30-31,39H,3-4,7-8,14-24H2,1-2H3/b33-13-,40-35+. The van der Waals surface area contributed by atoms with Gasteiger partial charge in [-0.3, -0.25) is 4.90 Å². The number of amidine groups is 1. The fourth-order valence-electron chi connectivity index (χ4n) is 8.43. The van der Waals surface area contributed by atoms with E-state index in [0.29, 0.717) is 19.6 Å². The molecule has 0 radical (unpaired) electrons. The zero-order valence-electron chi connectivity index (χ0n) is 26.3. The lowest BCUT2D eigenvalue weighted by Crippen LogP contribution is -2.55. The van der Waals surface area contributed by atoms with Crippen molar-refractivity contribution in [1.29, 1.82) is 0 Å². The number of nitrogens with one attached hydrogen (secondary N) is 1. The largest absolute Gasteiger partial charge is 0.476 e. The molecule has 2 aromatic rings. The Morgan fingerprint density at radius 1 is 1.14 bits per heavy atom. The summed E-state index contributed by atoms with van der Waals surface area (Å²) in [4.78, 5) is 12.8. The Labute approximate surface area is 267 Å². The first-order valence-corrected chi connectivity index (χ1v) is 17.2. The minimum Gasteiger partial charge on any atom is -0.476 e. The van der Waals surface area contributed by atoms with E-state index in [1.165, 1.54) is 55.6 Å². The molecule has 5 heterocycles. The smallest absolute Gasteiger partial charge is 0.211 e. The normalized spacial score (nSPS) is 27.5. The molecule has 0 saturated carbocycles. The summed E-state index contributed by atoms with van der Waals surface area (Å²) >= 11 is 6.73. The molecule has 44 heavy (non-hydrogen) atoms. The van der Waals surface area contributed by atoms with Gasteiger partial charge in [-0.05, 0) is 99.7 Å². The highest BCUT2D eigenvalue weighted by atomic mass is 35.5. The lowest BCUT2D eigenvalue weighted by molar-refractivity contribution is 0.0715. The third-order valence-electron chi connectivity index (χ3n) is 10.7. The quantitative estimate of drug-likeness (QED) is 0.194. The number of rotatable bonds is 8. The van der Waals surface area contributed by atoms with E-state index in [0.717, 1.165) is 66.4 Å². The molecule has 5 aliphatic rings. The van der Waals surface area contributed by atoms with Gasteiger partial charge in [-0.2, -0.15) is 4.99 Å². The summed E-state index contributed by atoms with van der Waals surface area (Å²) in [6.07, 6.45) is 9.72. The van der Waals surface area contributed by atoms with Crippen LogP contribution in [0.2, 0.25) is 5.02 Å². The number of alkyl halides is 1. The first kappa shape index (κ1) is 30.1. The maximum absolute atomic E-state index is 14.9. The Morgan fingerprint density at radius 3 is 2.68 bits per heavy atom. The number of ether oxygens (including phenoxy) is 1. The molecule has 8 heteroatoms. The second kappa shape index (κ2) is 12.6. The molecule has 1 N–H and O–H groups in total. The fourth-order valence-corrected chi connectivity index (χ4v) is 8.71. The second-order valence-electron chi connectivity index (χ2n) is 13.6. The van der Waals surface area contributed by atoms with Crippen LogP contribution in [0.1, 0.15) is 65.2 Å². The number of aliphatic imine (C=N–C) groups is 1. The van der Waals surface area contributed by atoms with Gasteiger partial charge >= 0.3 is 0 Å². The highest BCUT2D eigenvalue weighted by Crippen LogP contribution is 2.40. The van der Waals surface area contributed by atoms with E-state index in [9.17, 15) is 4.39 Å². The van der Waals surface area contributed by atoms with Gasteiger partial charge in [0.25, 0.3) is 0 Å².